The average Bonchev–Trinajstić information content (AvgIpc) is 3.56. The van der Waals surface area contributed by atoms with Crippen LogP contribution in [0.5, 0.6) is 0 Å². The summed E-state index contributed by atoms with van der Waals surface area (Å²) in [5.41, 5.74) is -0.447. The van der Waals surface area contributed by atoms with Gasteiger partial charge in [-0.25, -0.2) is 0 Å². The zero-order valence-electron chi connectivity index (χ0n) is 28.2. The molecule has 0 aromatic rings. The van der Waals surface area contributed by atoms with E-state index in [0.717, 1.165) is 45.1 Å². The summed E-state index contributed by atoms with van der Waals surface area (Å²) in [6.45, 7) is 21.0. The van der Waals surface area contributed by atoms with Crippen molar-refractivity contribution in [3.8, 4) is 0 Å². The van der Waals surface area contributed by atoms with Crippen molar-refractivity contribution in [1.29, 1.82) is 0 Å². The molecular weight excluding hydrogens is 542 g/mol. The van der Waals surface area contributed by atoms with Crippen molar-refractivity contribution in [2.45, 2.75) is 143 Å². The largest absolute Gasteiger partial charge is 0.457 e. The molecule has 7 aliphatic rings. The Kier molecular flexibility index (Phi) is 6.94. The van der Waals surface area contributed by atoms with Crippen LogP contribution in [0.4, 0.5) is 0 Å². The summed E-state index contributed by atoms with van der Waals surface area (Å²) in [5, 5.41) is 23.5. The van der Waals surface area contributed by atoms with Crippen molar-refractivity contribution in [2.24, 2.45) is 50.7 Å². The summed E-state index contributed by atoms with van der Waals surface area (Å²) in [5.74, 6) is 1.38. The molecule has 3 unspecified atom stereocenters. The average molecular weight is 602 g/mol. The number of carbonyl (C=O) groups excluding carboxylic acids is 1. The molecule has 7 rings (SSSR count). The highest BCUT2D eigenvalue weighted by molar-refractivity contribution is 5.66. The fourth-order valence-electron chi connectivity index (χ4n) is 13.9. The van der Waals surface area contributed by atoms with Crippen LogP contribution in [-0.2, 0) is 19.0 Å². The zero-order chi connectivity index (χ0) is 31.0. The van der Waals surface area contributed by atoms with Crippen LogP contribution in [0.1, 0.15) is 107 Å². The third kappa shape index (κ3) is 3.93. The third-order valence-electron chi connectivity index (χ3n) is 15.6. The number of ether oxygens (including phenoxy) is 3. The Morgan fingerprint density at radius 1 is 1.00 bits per heavy atom. The molecule has 2 aliphatic heterocycles. The van der Waals surface area contributed by atoms with Gasteiger partial charge in [0.25, 0.3) is 0 Å². The van der Waals surface area contributed by atoms with E-state index < -0.39 is 29.9 Å². The lowest BCUT2D eigenvalue weighted by Crippen LogP contribution is -2.62. The smallest absolute Gasteiger partial charge is 0.303 e. The first-order valence-corrected chi connectivity index (χ1v) is 17.6. The van der Waals surface area contributed by atoms with Crippen LogP contribution in [0, 0.1) is 50.7 Å². The van der Waals surface area contributed by atoms with Gasteiger partial charge in [-0.3, -0.25) is 9.69 Å². The fourth-order valence-corrected chi connectivity index (χ4v) is 13.9. The van der Waals surface area contributed by atoms with E-state index in [9.17, 15) is 15.0 Å². The van der Waals surface area contributed by atoms with Crippen LogP contribution in [0.3, 0.4) is 0 Å². The monoisotopic (exact) mass is 601 g/mol. The molecule has 43 heavy (non-hydrogen) atoms. The van der Waals surface area contributed by atoms with Gasteiger partial charge in [0.1, 0.15) is 0 Å². The Morgan fingerprint density at radius 3 is 2.30 bits per heavy atom. The van der Waals surface area contributed by atoms with Gasteiger partial charge in [-0.1, -0.05) is 34.6 Å². The van der Waals surface area contributed by atoms with Gasteiger partial charge in [-0.15, -0.1) is 0 Å². The van der Waals surface area contributed by atoms with Crippen LogP contribution in [-0.4, -0.2) is 83.4 Å². The van der Waals surface area contributed by atoms with Crippen molar-refractivity contribution in [3.05, 3.63) is 0 Å². The van der Waals surface area contributed by atoms with Gasteiger partial charge < -0.3 is 24.4 Å². The lowest BCUT2D eigenvalue weighted by molar-refractivity contribution is -0.216. The molecule has 2 spiro atoms. The number of hydrogen-bond donors (Lipinski definition) is 2. The van der Waals surface area contributed by atoms with Gasteiger partial charge in [0, 0.05) is 31.5 Å². The van der Waals surface area contributed by atoms with Gasteiger partial charge in [0.05, 0.1) is 37.1 Å². The Labute approximate surface area is 259 Å². The van der Waals surface area contributed by atoms with E-state index >= 15 is 0 Å². The molecule has 7 heteroatoms. The summed E-state index contributed by atoms with van der Waals surface area (Å²) in [4.78, 5) is 14.8. The van der Waals surface area contributed by atoms with E-state index in [-0.39, 0.29) is 28.3 Å². The second-order valence-electron chi connectivity index (χ2n) is 17.9. The summed E-state index contributed by atoms with van der Waals surface area (Å²) in [6, 6.07) is 0.637. The second kappa shape index (κ2) is 9.65. The van der Waals surface area contributed by atoms with Crippen LogP contribution in [0.15, 0.2) is 0 Å². The minimum atomic E-state index is -1.23. The number of aliphatic hydroxyl groups excluding tert-OH is 1. The standard InChI is InChI=1S/C36H59NO6/c1-21-19-23(30(32(5,6)40)42-22(2)38)43-28-27(21)33(7)13-14-36-20-35(36)12-11-26(37-15-17-41-18-16-37)31(3,4)24(35)9-10-25(36)34(33,8)29(28)39/h21,23-30,39-40H,9-20H2,1-8H3/t21?,23-,24+,25+,26-,27?,28?,29+,30+,33-,34-,35-,36+/m1/s1. The Bertz CT molecular complexity index is 1130. The van der Waals surface area contributed by atoms with Gasteiger partial charge in [-0.05, 0) is 111 Å². The molecule has 13 atom stereocenters. The van der Waals surface area contributed by atoms with Gasteiger partial charge >= 0.3 is 5.97 Å². The maximum Gasteiger partial charge on any atom is 0.303 e. The molecule has 0 aromatic heterocycles. The second-order valence-corrected chi connectivity index (χ2v) is 17.9. The van der Waals surface area contributed by atoms with E-state index in [2.05, 4.69) is 39.5 Å². The minimum Gasteiger partial charge on any atom is -0.457 e. The van der Waals surface area contributed by atoms with Crippen LogP contribution < -0.4 is 0 Å². The summed E-state index contributed by atoms with van der Waals surface area (Å²) >= 11 is 0. The minimum absolute atomic E-state index is 0.0137. The molecule has 2 N–H and O–H groups in total. The number of hydrogen-bond acceptors (Lipinski definition) is 7. The molecule has 0 radical (unpaired) electrons. The van der Waals surface area contributed by atoms with E-state index in [1.165, 1.54) is 45.4 Å². The number of nitrogens with zero attached hydrogens (tertiary/aromatic N) is 1. The molecule has 0 aromatic carbocycles. The van der Waals surface area contributed by atoms with E-state index in [1.807, 2.05) is 0 Å². The van der Waals surface area contributed by atoms with E-state index in [0.29, 0.717) is 28.7 Å². The van der Waals surface area contributed by atoms with E-state index in [1.54, 1.807) is 13.8 Å². The van der Waals surface area contributed by atoms with Gasteiger partial charge in [0.15, 0.2) is 6.10 Å². The normalized spacial score (nSPS) is 53.0. The maximum atomic E-state index is 12.5. The Morgan fingerprint density at radius 2 is 1.65 bits per heavy atom. The van der Waals surface area contributed by atoms with Crippen molar-refractivity contribution >= 4 is 5.97 Å². The van der Waals surface area contributed by atoms with Crippen molar-refractivity contribution < 1.29 is 29.2 Å². The van der Waals surface area contributed by atoms with Crippen molar-refractivity contribution in [1.82, 2.24) is 4.90 Å². The first-order valence-electron chi connectivity index (χ1n) is 17.6. The van der Waals surface area contributed by atoms with Crippen molar-refractivity contribution in [2.75, 3.05) is 26.3 Å². The molecule has 244 valence electrons. The summed E-state index contributed by atoms with van der Waals surface area (Å²) in [7, 11) is 0. The first-order chi connectivity index (χ1) is 20.0. The first kappa shape index (κ1) is 30.9. The van der Waals surface area contributed by atoms with Gasteiger partial charge in [-0.2, -0.15) is 0 Å². The summed E-state index contributed by atoms with van der Waals surface area (Å²) < 4.78 is 18.3. The molecular formula is C36H59NO6. The molecule has 5 saturated carbocycles. The van der Waals surface area contributed by atoms with Crippen LogP contribution in [0.25, 0.3) is 0 Å². The number of esters is 1. The number of fused-ring (bicyclic) bond motifs is 4. The molecule has 7 nitrogen and oxygen atoms in total. The van der Waals surface area contributed by atoms with Crippen molar-refractivity contribution in [3.63, 3.8) is 0 Å². The number of morpholine rings is 1. The highest BCUT2D eigenvalue weighted by Crippen LogP contribution is 2.89. The maximum absolute atomic E-state index is 12.5. The molecule has 5 aliphatic carbocycles. The SMILES string of the molecule is CC(=O)O[C@@H]([C@H]1CC(C)C2C(O1)[C@H](O)[C@@]1(C)[C@@H]3CC[C@H]4C(C)(C)[C@H](N5CCOCC5)CC[C@@]45C[C@@]35CC[C@]21C)C(C)(C)O. The lowest BCUT2D eigenvalue weighted by atomic mass is 9.41. The summed E-state index contributed by atoms with van der Waals surface area (Å²) in [6.07, 6.45) is 7.51. The number of carbonyl (C=O) groups is 1. The molecule has 2 heterocycles. The third-order valence-corrected chi connectivity index (χ3v) is 15.6. The molecule has 2 saturated heterocycles. The Hall–Kier alpha value is -0.730. The molecule has 0 bridgehead atoms. The Balaban J connectivity index is 1.19. The lowest BCUT2D eigenvalue weighted by Gasteiger charge is -2.64. The predicted molar refractivity (Wildman–Crippen MR) is 164 cm³/mol. The predicted octanol–water partition coefficient (Wildman–Crippen LogP) is 5.20. The van der Waals surface area contributed by atoms with E-state index in [4.69, 9.17) is 14.2 Å². The number of aliphatic hydroxyl groups is 2. The quantitative estimate of drug-likeness (QED) is 0.428. The topological polar surface area (TPSA) is 88.5 Å². The van der Waals surface area contributed by atoms with Crippen LogP contribution in [0.2, 0.25) is 0 Å². The highest BCUT2D eigenvalue weighted by Gasteiger charge is 2.84. The number of rotatable bonds is 4. The van der Waals surface area contributed by atoms with Gasteiger partial charge in [0.2, 0.25) is 0 Å². The van der Waals surface area contributed by atoms with Crippen LogP contribution >= 0.6 is 0 Å². The fraction of sp³-hybridized carbons (Fsp3) is 0.972. The highest BCUT2D eigenvalue weighted by atomic mass is 16.6. The zero-order valence-corrected chi connectivity index (χ0v) is 28.2. The molecule has 7 fully saturated rings. The molecule has 0 amide bonds.